The second-order valence-corrected chi connectivity index (χ2v) is 10.2. The van der Waals surface area contributed by atoms with E-state index in [4.69, 9.17) is 22.1 Å². The van der Waals surface area contributed by atoms with Crippen LogP contribution in [0.4, 0.5) is 14.9 Å². The van der Waals surface area contributed by atoms with Crippen LogP contribution in [0, 0.1) is 5.82 Å². The van der Waals surface area contributed by atoms with Gasteiger partial charge in [-0.15, -0.1) is 0 Å². The Morgan fingerprint density at radius 3 is 2.58 bits per heavy atom. The van der Waals surface area contributed by atoms with Crippen LogP contribution in [0.5, 0.6) is 5.19 Å². The Bertz CT molecular complexity index is 1330. The van der Waals surface area contributed by atoms with E-state index in [1.54, 1.807) is 42.5 Å². The molecule has 0 spiro atoms. The summed E-state index contributed by atoms with van der Waals surface area (Å²) in [6, 6.07) is 16.0. The summed E-state index contributed by atoms with van der Waals surface area (Å²) in [6.45, 7) is 5.55. The number of anilines is 1. The van der Waals surface area contributed by atoms with Gasteiger partial charge in [0.1, 0.15) is 5.82 Å². The molecule has 0 atom stereocenters. The van der Waals surface area contributed by atoms with Gasteiger partial charge in [-0.3, -0.25) is 0 Å². The Hall–Kier alpha value is -3.16. The first-order valence-corrected chi connectivity index (χ1v) is 11.5. The molecule has 1 heterocycles. The summed E-state index contributed by atoms with van der Waals surface area (Å²) < 4.78 is 22.0. The lowest BCUT2D eigenvalue weighted by atomic mass is 9.97. The lowest BCUT2D eigenvalue weighted by molar-refractivity contribution is 0.190. The van der Waals surface area contributed by atoms with Gasteiger partial charge in [-0.25, -0.2) is 14.2 Å². The fourth-order valence-corrected chi connectivity index (χ4v) is 4.50. The van der Waals surface area contributed by atoms with Gasteiger partial charge in [-0.2, -0.15) is 0 Å². The average molecular weight is 484 g/mol. The summed E-state index contributed by atoms with van der Waals surface area (Å²) in [5.74, 6) is -0.391. The van der Waals surface area contributed by atoms with Gasteiger partial charge in [0.2, 0.25) is 0 Å². The van der Waals surface area contributed by atoms with E-state index < -0.39 is 17.4 Å². The van der Waals surface area contributed by atoms with Gasteiger partial charge < -0.3 is 15.8 Å². The number of halogens is 2. The van der Waals surface area contributed by atoms with E-state index in [1.807, 2.05) is 32.9 Å². The van der Waals surface area contributed by atoms with Gasteiger partial charge in [0, 0.05) is 28.2 Å². The monoisotopic (exact) mass is 483 g/mol. The van der Waals surface area contributed by atoms with Gasteiger partial charge >= 0.3 is 6.09 Å². The van der Waals surface area contributed by atoms with Crippen molar-refractivity contribution in [2.24, 2.45) is 0 Å². The Morgan fingerprint density at radius 1 is 1.18 bits per heavy atom. The number of hydrogen-bond donors (Lipinski definition) is 2. The van der Waals surface area contributed by atoms with Crippen molar-refractivity contribution in [1.29, 1.82) is 0 Å². The number of thiazole rings is 1. The van der Waals surface area contributed by atoms with E-state index in [0.29, 0.717) is 44.0 Å². The first kappa shape index (κ1) is 23.0. The van der Waals surface area contributed by atoms with Crippen LogP contribution < -0.4 is 15.8 Å². The Balaban J connectivity index is 1.81. The zero-order valence-corrected chi connectivity index (χ0v) is 20.0. The van der Waals surface area contributed by atoms with Crippen molar-refractivity contribution in [3.05, 3.63) is 76.6 Å². The molecule has 170 valence electrons. The van der Waals surface area contributed by atoms with Crippen LogP contribution in [0.25, 0.3) is 21.3 Å². The summed E-state index contributed by atoms with van der Waals surface area (Å²) in [6.07, 6.45) is -0.248. The molecule has 0 saturated heterocycles. The number of nitrogens with zero attached hydrogens (tertiary/aromatic N) is 1. The van der Waals surface area contributed by atoms with E-state index in [9.17, 15) is 4.79 Å². The standard InChI is InChI=1S/C25H23ClFN3O2S/c1-25(2,3)30-23(31)32-24-29-22-19(33-24)13-16(11-14-7-9-18(28)10-8-14)21(27)20(22)15-5-4-6-17(26)12-15/h4-10,12-13H,11,28H2,1-3H3,(H,30,31). The maximum atomic E-state index is 15.9. The highest BCUT2D eigenvalue weighted by Gasteiger charge is 2.22. The van der Waals surface area contributed by atoms with Crippen molar-refractivity contribution in [2.75, 3.05) is 5.73 Å². The van der Waals surface area contributed by atoms with Crippen LogP contribution in [0.2, 0.25) is 5.02 Å². The van der Waals surface area contributed by atoms with Crippen molar-refractivity contribution >= 4 is 44.9 Å². The minimum atomic E-state index is -0.617. The zero-order valence-electron chi connectivity index (χ0n) is 18.4. The highest BCUT2D eigenvalue weighted by molar-refractivity contribution is 7.20. The van der Waals surface area contributed by atoms with Gasteiger partial charge in [-0.05, 0) is 67.8 Å². The topological polar surface area (TPSA) is 77.2 Å². The first-order valence-electron chi connectivity index (χ1n) is 10.3. The Kier molecular flexibility index (Phi) is 6.28. The van der Waals surface area contributed by atoms with Crippen molar-refractivity contribution in [3.8, 4) is 16.3 Å². The molecule has 0 saturated carbocycles. The molecule has 8 heteroatoms. The number of aromatic nitrogens is 1. The number of ether oxygens (including phenoxy) is 1. The minimum Gasteiger partial charge on any atom is -0.399 e. The third-order valence-electron chi connectivity index (χ3n) is 4.82. The number of nitrogens with one attached hydrogen (secondary N) is 1. The molecule has 0 radical (unpaired) electrons. The SMILES string of the molecule is CC(C)(C)NC(=O)Oc1nc2c(-c3cccc(Cl)c3)c(F)c(Cc3ccc(N)cc3)cc2s1. The maximum absolute atomic E-state index is 15.9. The van der Waals surface area contributed by atoms with Crippen LogP contribution in [0.1, 0.15) is 31.9 Å². The smallest absolute Gasteiger partial charge is 0.399 e. The molecule has 0 aliphatic carbocycles. The second-order valence-electron chi connectivity index (χ2n) is 8.74. The molecule has 3 N–H and O–H groups in total. The number of nitrogens with two attached hydrogens (primary N) is 1. The van der Waals surface area contributed by atoms with E-state index in [2.05, 4.69) is 10.3 Å². The second kappa shape index (κ2) is 9.00. The minimum absolute atomic E-state index is 0.138. The molecule has 1 amide bonds. The maximum Gasteiger partial charge on any atom is 0.414 e. The van der Waals surface area contributed by atoms with E-state index in [-0.39, 0.29) is 5.19 Å². The number of hydrogen-bond acceptors (Lipinski definition) is 5. The van der Waals surface area contributed by atoms with Gasteiger partial charge in [0.15, 0.2) is 0 Å². The molecule has 4 rings (SSSR count). The molecule has 3 aromatic carbocycles. The summed E-state index contributed by atoms with van der Waals surface area (Å²) in [4.78, 5) is 16.7. The highest BCUT2D eigenvalue weighted by atomic mass is 35.5. The first-order chi connectivity index (χ1) is 15.6. The van der Waals surface area contributed by atoms with Crippen LogP contribution in [-0.2, 0) is 6.42 Å². The lowest BCUT2D eigenvalue weighted by Gasteiger charge is -2.18. The number of benzene rings is 3. The fourth-order valence-electron chi connectivity index (χ4n) is 3.42. The summed E-state index contributed by atoms with van der Waals surface area (Å²) >= 11 is 7.38. The molecule has 5 nitrogen and oxygen atoms in total. The van der Waals surface area contributed by atoms with Crippen molar-refractivity contribution < 1.29 is 13.9 Å². The largest absolute Gasteiger partial charge is 0.414 e. The molecule has 0 aliphatic heterocycles. The molecule has 0 bridgehead atoms. The normalized spacial score (nSPS) is 11.5. The number of carbonyl (C=O) groups excluding carboxylic acids is 1. The van der Waals surface area contributed by atoms with E-state index in [0.717, 1.165) is 5.56 Å². The molecule has 1 aromatic heterocycles. The molecule has 0 unspecified atom stereocenters. The number of carbonyl (C=O) groups is 1. The fraction of sp³-hybridized carbons (Fsp3) is 0.200. The number of rotatable bonds is 4. The Morgan fingerprint density at radius 2 is 1.91 bits per heavy atom. The van der Waals surface area contributed by atoms with Crippen LogP contribution in [0.3, 0.4) is 0 Å². The van der Waals surface area contributed by atoms with Gasteiger partial charge in [0.25, 0.3) is 5.19 Å². The van der Waals surface area contributed by atoms with Crippen molar-refractivity contribution in [2.45, 2.75) is 32.7 Å². The Labute approximate surface area is 200 Å². The van der Waals surface area contributed by atoms with E-state index >= 15 is 4.39 Å². The van der Waals surface area contributed by atoms with Crippen LogP contribution >= 0.6 is 22.9 Å². The number of fused-ring (bicyclic) bond motifs is 1. The predicted octanol–water partition coefficient (Wildman–Crippen LogP) is 6.82. The van der Waals surface area contributed by atoms with Crippen LogP contribution in [0.15, 0.2) is 54.6 Å². The third-order valence-corrected chi connectivity index (χ3v) is 5.94. The molecule has 4 aromatic rings. The molecule has 0 aliphatic rings. The zero-order chi connectivity index (χ0) is 23.8. The quantitative estimate of drug-likeness (QED) is 0.312. The van der Waals surface area contributed by atoms with E-state index in [1.165, 1.54) is 11.3 Å². The predicted molar refractivity (Wildman–Crippen MR) is 133 cm³/mol. The highest BCUT2D eigenvalue weighted by Crippen LogP contribution is 2.39. The van der Waals surface area contributed by atoms with Gasteiger partial charge in [0.05, 0.1) is 10.2 Å². The summed E-state index contributed by atoms with van der Waals surface area (Å²) in [5.41, 5.74) is 8.72. The average Bonchev–Trinajstić information content (AvgIpc) is 3.10. The molecule has 0 fully saturated rings. The molecular weight excluding hydrogens is 461 g/mol. The van der Waals surface area contributed by atoms with Crippen molar-refractivity contribution in [1.82, 2.24) is 10.3 Å². The summed E-state index contributed by atoms with van der Waals surface area (Å²) in [5, 5.41) is 3.35. The number of amides is 1. The summed E-state index contributed by atoms with van der Waals surface area (Å²) in [7, 11) is 0. The third kappa shape index (κ3) is 5.43. The number of nitrogen functional groups attached to an aromatic ring is 1. The molecular formula is C25H23ClFN3O2S. The lowest BCUT2D eigenvalue weighted by Crippen LogP contribution is -2.42. The van der Waals surface area contributed by atoms with Crippen LogP contribution in [-0.4, -0.2) is 16.6 Å². The van der Waals surface area contributed by atoms with Gasteiger partial charge in [-0.1, -0.05) is 47.2 Å². The van der Waals surface area contributed by atoms with Crippen molar-refractivity contribution in [3.63, 3.8) is 0 Å². The molecule has 33 heavy (non-hydrogen) atoms.